The second-order valence-corrected chi connectivity index (χ2v) is 3.57. The first-order chi connectivity index (χ1) is 6.88. The van der Waals surface area contributed by atoms with E-state index in [-0.39, 0.29) is 0 Å². The molecule has 4 nitrogen and oxygen atoms in total. The van der Waals surface area contributed by atoms with Crippen molar-refractivity contribution in [3.05, 3.63) is 12.3 Å². The van der Waals surface area contributed by atoms with Gasteiger partial charge in [-0.3, -0.25) is 4.68 Å². The Morgan fingerprint density at radius 3 is 3.29 bits per heavy atom. The molecule has 0 radical (unpaired) electrons. The van der Waals surface area contributed by atoms with Gasteiger partial charge in [-0.25, -0.2) is 0 Å². The van der Waals surface area contributed by atoms with E-state index < -0.39 is 0 Å². The molecule has 78 valence electrons. The SMILES string of the molecule is CCn1ccc(NCC2CCCO2)n1. The molecule has 0 bridgehead atoms. The number of anilines is 1. The van der Waals surface area contributed by atoms with Gasteiger partial charge < -0.3 is 10.1 Å². The highest BCUT2D eigenvalue weighted by atomic mass is 16.5. The summed E-state index contributed by atoms with van der Waals surface area (Å²) in [4.78, 5) is 0. The third kappa shape index (κ3) is 2.26. The van der Waals surface area contributed by atoms with Crippen molar-refractivity contribution in [2.24, 2.45) is 0 Å². The normalized spacial score (nSPS) is 21.4. The number of ether oxygens (including phenoxy) is 1. The van der Waals surface area contributed by atoms with Crippen LogP contribution in [0.1, 0.15) is 19.8 Å². The van der Waals surface area contributed by atoms with Crippen LogP contribution in [0, 0.1) is 0 Å². The number of aromatic nitrogens is 2. The molecule has 1 aromatic heterocycles. The Balaban J connectivity index is 1.79. The topological polar surface area (TPSA) is 39.1 Å². The van der Waals surface area contributed by atoms with Crippen molar-refractivity contribution in [1.29, 1.82) is 0 Å². The van der Waals surface area contributed by atoms with Gasteiger partial charge in [0, 0.05) is 32.0 Å². The van der Waals surface area contributed by atoms with Gasteiger partial charge in [-0.1, -0.05) is 0 Å². The van der Waals surface area contributed by atoms with Crippen LogP contribution in [0.3, 0.4) is 0 Å². The number of nitrogens with zero attached hydrogens (tertiary/aromatic N) is 2. The molecule has 1 saturated heterocycles. The lowest BCUT2D eigenvalue weighted by molar-refractivity contribution is 0.120. The molecular formula is C10H17N3O. The minimum absolute atomic E-state index is 0.377. The Morgan fingerprint density at radius 1 is 1.71 bits per heavy atom. The highest BCUT2D eigenvalue weighted by Crippen LogP contribution is 2.12. The lowest BCUT2D eigenvalue weighted by Gasteiger charge is -2.09. The van der Waals surface area contributed by atoms with Gasteiger partial charge in [0.05, 0.1) is 6.10 Å². The van der Waals surface area contributed by atoms with E-state index in [1.165, 1.54) is 12.8 Å². The average Bonchev–Trinajstić information content (AvgIpc) is 2.86. The molecule has 1 aliphatic heterocycles. The molecule has 1 N–H and O–H groups in total. The largest absolute Gasteiger partial charge is 0.376 e. The predicted molar refractivity (Wildman–Crippen MR) is 55.4 cm³/mol. The summed E-state index contributed by atoms with van der Waals surface area (Å²) in [5.41, 5.74) is 0. The van der Waals surface area contributed by atoms with Gasteiger partial charge in [0.1, 0.15) is 5.82 Å². The van der Waals surface area contributed by atoms with Crippen molar-refractivity contribution >= 4 is 5.82 Å². The molecule has 1 unspecified atom stereocenters. The number of rotatable bonds is 4. The molecule has 1 aromatic rings. The molecule has 0 aromatic carbocycles. The van der Waals surface area contributed by atoms with Crippen molar-refractivity contribution in [3.8, 4) is 0 Å². The van der Waals surface area contributed by atoms with Crippen LogP contribution >= 0.6 is 0 Å². The van der Waals surface area contributed by atoms with Gasteiger partial charge in [0.25, 0.3) is 0 Å². The maximum Gasteiger partial charge on any atom is 0.148 e. The highest BCUT2D eigenvalue weighted by Gasteiger charge is 2.14. The van der Waals surface area contributed by atoms with Gasteiger partial charge in [-0.2, -0.15) is 5.10 Å². The fourth-order valence-electron chi connectivity index (χ4n) is 1.66. The summed E-state index contributed by atoms with van der Waals surface area (Å²) in [6, 6.07) is 2.00. The van der Waals surface area contributed by atoms with Crippen LogP contribution in [0.4, 0.5) is 5.82 Å². The van der Waals surface area contributed by atoms with Crippen molar-refractivity contribution in [1.82, 2.24) is 9.78 Å². The van der Waals surface area contributed by atoms with E-state index in [0.717, 1.165) is 25.5 Å². The van der Waals surface area contributed by atoms with Crippen LogP contribution in [-0.4, -0.2) is 29.0 Å². The quantitative estimate of drug-likeness (QED) is 0.791. The van der Waals surface area contributed by atoms with Crippen molar-refractivity contribution < 1.29 is 4.74 Å². The smallest absolute Gasteiger partial charge is 0.148 e. The third-order valence-electron chi connectivity index (χ3n) is 2.50. The van der Waals surface area contributed by atoms with E-state index in [1.807, 2.05) is 16.9 Å². The second kappa shape index (κ2) is 4.46. The lowest BCUT2D eigenvalue weighted by atomic mass is 10.2. The standard InChI is InChI=1S/C10H17N3O/c1-2-13-6-5-10(12-13)11-8-9-4-3-7-14-9/h5-6,9H,2-4,7-8H2,1H3,(H,11,12). The van der Waals surface area contributed by atoms with Crippen LogP contribution in [-0.2, 0) is 11.3 Å². The van der Waals surface area contributed by atoms with Crippen LogP contribution in [0.5, 0.6) is 0 Å². The fourth-order valence-corrected chi connectivity index (χ4v) is 1.66. The minimum Gasteiger partial charge on any atom is -0.376 e. The van der Waals surface area contributed by atoms with E-state index in [2.05, 4.69) is 17.3 Å². The lowest BCUT2D eigenvalue weighted by Crippen LogP contribution is -2.18. The molecule has 0 spiro atoms. The minimum atomic E-state index is 0.377. The van der Waals surface area contributed by atoms with Crippen molar-refractivity contribution in [2.45, 2.75) is 32.4 Å². The van der Waals surface area contributed by atoms with Crippen molar-refractivity contribution in [3.63, 3.8) is 0 Å². The van der Waals surface area contributed by atoms with Crippen LogP contribution in [0.25, 0.3) is 0 Å². The molecule has 2 heterocycles. The summed E-state index contributed by atoms with van der Waals surface area (Å²) in [6.45, 7) is 4.79. The van der Waals surface area contributed by atoms with E-state index >= 15 is 0 Å². The van der Waals surface area contributed by atoms with Gasteiger partial charge >= 0.3 is 0 Å². The van der Waals surface area contributed by atoms with E-state index in [9.17, 15) is 0 Å². The first-order valence-corrected chi connectivity index (χ1v) is 5.27. The maximum absolute atomic E-state index is 5.51. The first kappa shape index (κ1) is 9.52. The van der Waals surface area contributed by atoms with E-state index in [1.54, 1.807) is 0 Å². The van der Waals surface area contributed by atoms with Crippen LogP contribution in [0.15, 0.2) is 12.3 Å². The van der Waals surface area contributed by atoms with Gasteiger partial charge in [0.15, 0.2) is 0 Å². The van der Waals surface area contributed by atoms with E-state index in [4.69, 9.17) is 4.74 Å². The summed E-state index contributed by atoms with van der Waals surface area (Å²) in [6.07, 6.45) is 4.72. The summed E-state index contributed by atoms with van der Waals surface area (Å²) >= 11 is 0. The number of hydrogen-bond acceptors (Lipinski definition) is 3. The molecule has 14 heavy (non-hydrogen) atoms. The molecule has 2 rings (SSSR count). The molecule has 1 fully saturated rings. The van der Waals surface area contributed by atoms with Gasteiger partial charge in [0.2, 0.25) is 0 Å². The number of aryl methyl sites for hydroxylation is 1. The Bertz CT molecular complexity index is 279. The Kier molecular flexibility index (Phi) is 3.03. The monoisotopic (exact) mass is 195 g/mol. The zero-order valence-electron chi connectivity index (χ0n) is 8.57. The zero-order chi connectivity index (χ0) is 9.80. The van der Waals surface area contributed by atoms with Crippen molar-refractivity contribution in [2.75, 3.05) is 18.5 Å². The number of nitrogens with one attached hydrogen (secondary N) is 1. The summed E-state index contributed by atoms with van der Waals surface area (Å²) in [5, 5.41) is 7.62. The highest BCUT2D eigenvalue weighted by molar-refractivity contribution is 5.32. The second-order valence-electron chi connectivity index (χ2n) is 3.57. The molecule has 1 atom stereocenters. The van der Waals surface area contributed by atoms with Crippen LogP contribution in [0.2, 0.25) is 0 Å². The summed E-state index contributed by atoms with van der Waals surface area (Å²) in [5.74, 6) is 0.947. The first-order valence-electron chi connectivity index (χ1n) is 5.27. The fraction of sp³-hybridized carbons (Fsp3) is 0.700. The van der Waals surface area contributed by atoms with Crippen LogP contribution < -0.4 is 5.32 Å². The molecular weight excluding hydrogens is 178 g/mol. The Hall–Kier alpha value is -1.03. The molecule has 1 aliphatic rings. The van der Waals surface area contributed by atoms with Gasteiger partial charge in [-0.05, 0) is 19.8 Å². The molecule has 4 heteroatoms. The molecule has 0 saturated carbocycles. The third-order valence-corrected chi connectivity index (χ3v) is 2.50. The zero-order valence-corrected chi connectivity index (χ0v) is 8.57. The average molecular weight is 195 g/mol. The molecule has 0 aliphatic carbocycles. The molecule has 0 amide bonds. The van der Waals surface area contributed by atoms with Gasteiger partial charge in [-0.15, -0.1) is 0 Å². The predicted octanol–water partition coefficient (Wildman–Crippen LogP) is 1.49. The van der Waals surface area contributed by atoms with E-state index in [0.29, 0.717) is 6.10 Å². The number of hydrogen-bond donors (Lipinski definition) is 1. The maximum atomic E-state index is 5.51. The Labute approximate surface area is 84.3 Å². The summed E-state index contributed by atoms with van der Waals surface area (Å²) in [7, 11) is 0. The Morgan fingerprint density at radius 2 is 2.64 bits per heavy atom. The summed E-state index contributed by atoms with van der Waals surface area (Å²) < 4.78 is 7.43.